The highest BCUT2D eigenvalue weighted by Gasteiger charge is 2.23. The first-order chi connectivity index (χ1) is 16.0. The quantitative estimate of drug-likeness (QED) is 0.468. The molecule has 1 aliphatic heterocycles. The first-order valence-electron chi connectivity index (χ1n) is 10.4. The number of thiazole rings is 1. The van der Waals surface area contributed by atoms with Crippen LogP contribution in [0.3, 0.4) is 0 Å². The normalized spacial score (nSPS) is 13.7. The molecular formula is C22H25N5O4S2. The van der Waals surface area contributed by atoms with Crippen molar-refractivity contribution in [3.8, 4) is 5.75 Å². The average molecular weight is 488 g/mol. The SMILES string of the molecule is COc1cc(C)c(Sc2cnc(NC(=O)c3ccc(CN)[nH]3)s2)cc1C(=O)N1CCOCC1. The number of anilines is 1. The summed E-state index contributed by atoms with van der Waals surface area (Å²) in [6, 6.07) is 7.21. The maximum atomic E-state index is 13.1. The smallest absolute Gasteiger partial charge is 0.273 e. The van der Waals surface area contributed by atoms with E-state index in [1.807, 2.05) is 19.1 Å². The van der Waals surface area contributed by atoms with Crippen LogP contribution in [-0.4, -0.2) is 60.1 Å². The molecule has 0 saturated carbocycles. The maximum Gasteiger partial charge on any atom is 0.273 e. The van der Waals surface area contributed by atoms with Gasteiger partial charge in [-0.2, -0.15) is 0 Å². The summed E-state index contributed by atoms with van der Waals surface area (Å²) < 4.78 is 11.7. The number of amides is 2. The summed E-state index contributed by atoms with van der Waals surface area (Å²) >= 11 is 2.85. The van der Waals surface area contributed by atoms with Gasteiger partial charge in [-0.25, -0.2) is 4.98 Å². The molecule has 4 N–H and O–H groups in total. The Morgan fingerprint density at radius 3 is 2.82 bits per heavy atom. The Balaban J connectivity index is 1.50. The highest BCUT2D eigenvalue weighted by atomic mass is 32.2. The van der Waals surface area contributed by atoms with E-state index in [-0.39, 0.29) is 11.8 Å². The first kappa shape index (κ1) is 23.3. The Hall–Kier alpha value is -2.86. The van der Waals surface area contributed by atoms with Crippen LogP contribution in [0.5, 0.6) is 5.75 Å². The lowest BCUT2D eigenvalue weighted by molar-refractivity contribution is 0.0300. The molecule has 174 valence electrons. The summed E-state index contributed by atoms with van der Waals surface area (Å²) in [5.74, 6) is 0.199. The van der Waals surface area contributed by atoms with E-state index in [4.69, 9.17) is 15.2 Å². The third-order valence-corrected chi connectivity index (χ3v) is 7.33. The molecule has 3 heterocycles. The lowest BCUT2D eigenvalue weighted by Crippen LogP contribution is -2.40. The monoisotopic (exact) mass is 487 g/mol. The van der Waals surface area contributed by atoms with E-state index >= 15 is 0 Å². The third-order valence-electron chi connectivity index (χ3n) is 5.15. The van der Waals surface area contributed by atoms with Gasteiger partial charge in [0.1, 0.15) is 11.4 Å². The number of aromatic amines is 1. The summed E-state index contributed by atoms with van der Waals surface area (Å²) in [5, 5.41) is 3.29. The fourth-order valence-electron chi connectivity index (χ4n) is 3.37. The van der Waals surface area contributed by atoms with E-state index in [0.717, 1.165) is 20.4 Å². The van der Waals surface area contributed by atoms with Gasteiger partial charge in [0.15, 0.2) is 5.13 Å². The summed E-state index contributed by atoms with van der Waals surface area (Å²) in [5.41, 5.74) is 8.30. The van der Waals surface area contributed by atoms with Crippen LogP contribution in [0.4, 0.5) is 5.13 Å². The molecule has 1 fully saturated rings. The molecular weight excluding hydrogens is 462 g/mol. The second kappa shape index (κ2) is 10.4. The first-order valence-corrected chi connectivity index (χ1v) is 12.0. The molecule has 11 heteroatoms. The number of aromatic nitrogens is 2. The van der Waals surface area contributed by atoms with Crippen LogP contribution in [0.1, 0.15) is 32.1 Å². The van der Waals surface area contributed by atoms with Gasteiger partial charge in [-0.15, -0.1) is 0 Å². The number of ether oxygens (including phenoxy) is 2. The Bertz CT molecular complexity index is 1150. The van der Waals surface area contributed by atoms with Gasteiger partial charge in [-0.1, -0.05) is 23.1 Å². The Labute approximate surface area is 199 Å². The van der Waals surface area contributed by atoms with E-state index < -0.39 is 0 Å². The number of aryl methyl sites for hydroxylation is 1. The van der Waals surface area contributed by atoms with Gasteiger partial charge in [0.05, 0.1) is 36.3 Å². The van der Waals surface area contributed by atoms with E-state index in [2.05, 4.69) is 15.3 Å². The molecule has 0 radical (unpaired) electrons. The van der Waals surface area contributed by atoms with Crippen molar-refractivity contribution in [2.75, 3.05) is 38.7 Å². The second-order valence-electron chi connectivity index (χ2n) is 7.36. The largest absolute Gasteiger partial charge is 0.496 e. The summed E-state index contributed by atoms with van der Waals surface area (Å²) in [4.78, 5) is 35.5. The van der Waals surface area contributed by atoms with Crippen LogP contribution in [0.2, 0.25) is 0 Å². The summed E-state index contributed by atoms with van der Waals surface area (Å²) in [6.07, 6.45) is 1.71. The van der Waals surface area contributed by atoms with Gasteiger partial charge in [0.25, 0.3) is 11.8 Å². The van der Waals surface area contributed by atoms with Gasteiger partial charge in [0, 0.05) is 30.2 Å². The van der Waals surface area contributed by atoms with E-state index in [0.29, 0.717) is 55.0 Å². The summed E-state index contributed by atoms with van der Waals surface area (Å²) in [7, 11) is 1.57. The van der Waals surface area contributed by atoms with Gasteiger partial charge in [-0.05, 0) is 36.8 Å². The predicted molar refractivity (Wildman–Crippen MR) is 127 cm³/mol. The van der Waals surface area contributed by atoms with E-state index in [1.165, 1.54) is 23.1 Å². The number of nitrogens with zero attached hydrogens (tertiary/aromatic N) is 2. The predicted octanol–water partition coefficient (Wildman–Crippen LogP) is 3.12. The average Bonchev–Trinajstić information content (AvgIpc) is 3.49. The third kappa shape index (κ3) is 5.38. The Morgan fingerprint density at radius 2 is 2.12 bits per heavy atom. The molecule has 4 rings (SSSR count). The fourth-order valence-corrected chi connectivity index (χ4v) is 5.31. The van der Waals surface area contributed by atoms with Crippen molar-refractivity contribution < 1.29 is 19.1 Å². The highest BCUT2D eigenvalue weighted by Crippen LogP contribution is 2.38. The van der Waals surface area contributed by atoms with Gasteiger partial charge >= 0.3 is 0 Å². The minimum absolute atomic E-state index is 0.0722. The van der Waals surface area contributed by atoms with Crippen molar-refractivity contribution >= 4 is 40.0 Å². The molecule has 0 bridgehead atoms. The molecule has 9 nitrogen and oxygen atoms in total. The van der Waals surface area contributed by atoms with Crippen molar-refractivity contribution in [2.24, 2.45) is 5.73 Å². The molecule has 33 heavy (non-hydrogen) atoms. The number of morpholine rings is 1. The number of nitrogens with two attached hydrogens (primary N) is 1. The molecule has 0 unspecified atom stereocenters. The number of hydrogen-bond donors (Lipinski definition) is 3. The molecule has 0 aliphatic carbocycles. The van der Waals surface area contributed by atoms with Crippen LogP contribution in [0.15, 0.2) is 39.6 Å². The number of nitrogens with one attached hydrogen (secondary N) is 2. The van der Waals surface area contributed by atoms with Gasteiger partial charge < -0.3 is 25.1 Å². The van der Waals surface area contributed by atoms with Crippen molar-refractivity contribution in [2.45, 2.75) is 22.6 Å². The standard InChI is InChI=1S/C22H25N5O4S2/c1-13-9-17(30-2)15(21(29)27-5-7-31-8-6-27)10-18(13)32-19-12-24-22(33-19)26-20(28)16-4-3-14(11-23)25-16/h3-4,9-10,12,25H,5-8,11,23H2,1-2H3,(H,24,26,28). The molecule has 0 spiro atoms. The number of carbonyl (C=O) groups is 2. The lowest BCUT2D eigenvalue weighted by Gasteiger charge is -2.27. The second-order valence-corrected chi connectivity index (χ2v) is 9.74. The fraction of sp³-hybridized carbons (Fsp3) is 0.318. The zero-order valence-corrected chi connectivity index (χ0v) is 20.0. The number of rotatable bonds is 7. The number of carbonyl (C=O) groups excluding carboxylic acids is 2. The number of hydrogen-bond acceptors (Lipinski definition) is 8. The molecule has 3 aromatic rings. The molecule has 1 aliphatic rings. The van der Waals surface area contributed by atoms with Crippen LogP contribution in [0, 0.1) is 6.92 Å². The van der Waals surface area contributed by atoms with Crippen LogP contribution in [-0.2, 0) is 11.3 Å². The minimum Gasteiger partial charge on any atom is -0.496 e. The van der Waals surface area contributed by atoms with Crippen LogP contribution < -0.4 is 15.8 Å². The highest BCUT2D eigenvalue weighted by molar-refractivity contribution is 8.01. The van der Waals surface area contributed by atoms with E-state index in [9.17, 15) is 9.59 Å². The molecule has 1 aromatic carbocycles. The molecule has 0 atom stereocenters. The Morgan fingerprint density at radius 1 is 1.33 bits per heavy atom. The topological polar surface area (TPSA) is 123 Å². The molecule has 2 amide bonds. The zero-order chi connectivity index (χ0) is 23.4. The summed E-state index contributed by atoms with van der Waals surface area (Å²) in [6.45, 7) is 4.49. The maximum absolute atomic E-state index is 13.1. The number of benzene rings is 1. The van der Waals surface area contributed by atoms with Gasteiger partial charge in [-0.3, -0.25) is 14.9 Å². The van der Waals surface area contributed by atoms with Crippen molar-refractivity contribution in [3.63, 3.8) is 0 Å². The number of methoxy groups -OCH3 is 1. The van der Waals surface area contributed by atoms with Crippen LogP contribution >= 0.6 is 23.1 Å². The number of H-pyrrole nitrogens is 1. The van der Waals surface area contributed by atoms with Crippen LogP contribution in [0.25, 0.3) is 0 Å². The lowest BCUT2D eigenvalue weighted by atomic mass is 10.1. The van der Waals surface area contributed by atoms with Crippen molar-refractivity contribution in [1.29, 1.82) is 0 Å². The van der Waals surface area contributed by atoms with Crippen molar-refractivity contribution in [3.05, 3.63) is 53.0 Å². The molecule has 2 aromatic heterocycles. The van der Waals surface area contributed by atoms with Gasteiger partial charge in [0.2, 0.25) is 0 Å². The van der Waals surface area contributed by atoms with Crippen molar-refractivity contribution in [1.82, 2.24) is 14.9 Å². The zero-order valence-electron chi connectivity index (χ0n) is 18.3. The van der Waals surface area contributed by atoms with E-state index in [1.54, 1.807) is 30.3 Å². The molecule has 1 saturated heterocycles. The minimum atomic E-state index is -0.278. The Kier molecular flexibility index (Phi) is 7.33.